The topological polar surface area (TPSA) is 51.1 Å². The highest BCUT2D eigenvalue weighted by Crippen LogP contribution is 2.18. The number of carbonyl (C=O) groups is 1. The van der Waals surface area contributed by atoms with Crippen LogP contribution in [0.2, 0.25) is 0 Å². The Bertz CT molecular complexity index is 850. The van der Waals surface area contributed by atoms with E-state index >= 15 is 0 Å². The molecule has 0 aliphatic heterocycles. The Balaban J connectivity index is 2.29. The molecular weight excluding hydrogens is 324 g/mol. The third kappa shape index (κ3) is 4.63. The van der Waals surface area contributed by atoms with Gasteiger partial charge in [-0.25, -0.2) is 0 Å². The van der Waals surface area contributed by atoms with Crippen molar-refractivity contribution < 1.29 is 4.79 Å². The maximum atomic E-state index is 12.8. The number of pyridine rings is 1. The number of rotatable bonds is 7. The van der Waals surface area contributed by atoms with Gasteiger partial charge in [0.25, 0.3) is 5.91 Å². The Labute approximate surface area is 156 Å². The average molecular weight is 354 g/mol. The van der Waals surface area contributed by atoms with Crippen LogP contribution in [0, 0.1) is 27.7 Å². The molecule has 0 spiro atoms. The zero-order valence-electron chi connectivity index (χ0n) is 16.6. The van der Waals surface area contributed by atoms with Crippen LogP contribution < -0.4 is 10.7 Å². The lowest BCUT2D eigenvalue weighted by atomic mass is 10.1. The van der Waals surface area contributed by atoms with E-state index in [4.69, 9.17) is 0 Å². The zero-order chi connectivity index (χ0) is 19.3. The van der Waals surface area contributed by atoms with Crippen molar-refractivity contribution in [3.05, 3.63) is 62.6 Å². The number of aryl methyl sites for hydroxylation is 3. The average Bonchev–Trinajstić information content (AvgIpc) is 2.56. The number of nitrogens with zero attached hydrogens (tertiary/aromatic N) is 1. The van der Waals surface area contributed by atoms with E-state index in [9.17, 15) is 9.59 Å². The summed E-state index contributed by atoms with van der Waals surface area (Å²) in [6.07, 6.45) is 4.60. The summed E-state index contributed by atoms with van der Waals surface area (Å²) in [4.78, 5) is 25.3. The first-order chi connectivity index (χ1) is 12.3. The minimum atomic E-state index is -0.332. The fraction of sp³-hybridized carbons (Fsp3) is 0.455. The second-order valence-electron chi connectivity index (χ2n) is 7.10. The number of carbonyl (C=O) groups excluding carboxylic acids is 1. The van der Waals surface area contributed by atoms with E-state index in [1.807, 2.05) is 45.9 Å². The lowest BCUT2D eigenvalue weighted by Crippen LogP contribution is -2.27. The van der Waals surface area contributed by atoms with E-state index in [0.717, 1.165) is 47.6 Å². The van der Waals surface area contributed by atoms with E-state index < -0.39 is 0 Å². The van der Waals surface area contributed by atoms with Gasteiger partial charge in [-0.1, -0.05) is 43.9 Å². The molecule has 0 aliphatic rings. The first-order valence-electron chi connectivity index (χ1n) is 9.44. The van der Waals surface area contributed by atoms with Crippen LogP contribution in [0.25, 0.3) is 0 Å². The number of nitrogens with one attached hydrogen (secondary N) is 1. The molecular formula is C22H30N2O2. The molecule has 0 radical (unpaired) electrons. The molecule has 1 N–H and O–H groups in total. The summed E-state index contributed by atoms with van der Waals surface area (Å²) < 4.78 is 2.09. The monoisotopic (exact) mass is 354 g/mol. The standard InChI is InChI=1S/C22H30N2O2/c1-6-7-8-9-12-24-17(4)14-20(25)21(18(24)5)22(26)23-19-11-10-15(2)13-16(19)3/h10-11,13-14H,6-9,12H2,1-5H3,(H,23,26). The number of benzene rings is 1. The number of hydrogen-bond acceptors (Lipinski definition) is 2. The minimum Gasteiger partial charge on any atom is -0.348 e. The molecule has 4 nitrogen and oxygen atoms in total. The van der Waals surface area contributed by atoms with E-state index in [1.165, 1.54) is 12.8 Å². The van der Waals surface area contributed by atoms with Crippen molar-refractivity contribution >= 4 is 11.6 Å². The van der Waals surface area contributed by atoms with Gasteiger partial charge in [-0.05, 0) is 45.7 Å². The van der Waals surface area contributed by atoms with Gasteiger partial charge in [0.1, 0.15) is 5.56 Å². The van der Waals surface area contributed by atoms with Crippen LogP contribution in [0.15, 0.2) is 29.1 Å². The van der Waals surface area contributed by atoms with Crippen LogP contribution in [0.1, 0.15) is 65.5 Å². The Morgan fingerprint density at radius 2 is 1.77 bits per heavy atom. The third-order valence-corrected chi connectivity index (χ3v) is 4.87. The number of amides is 1. The third-order valence-electron chi connectivity index (χ3n) is 4.87. The smallest absolute Gasteiger partial charge is 0.261 e. The fourth-order valence-corrected chi connectivity index (χ4v) is 3.37. The van der Waals surface area contributed by atoms with Gasteiger partial charge >= 0.3 is 0 Å². The van der Waals surface area contributed by atoms with Crippen LogP contribution in [-0.4, -0.2) is 10.5 Å². The van der Waals surface area contributed by atoms with E-state index in [-0.39, 0.29) is 16.9 Å². The van der Waals surface area contributed by atoms with Crippen LogP contribution in [0.3, 0.4) is 0 Å². The summed E-state index contributed by atoms with van der Waals surface area (Å²) >= 11 is 0. The first kappa shape index (κ1) is 20.0. The minimum absolute atomic E-state index is 0.216. The molecule has 0 aliphatic carbocycles. The van der Waals surface area contributed by atoms with Crippen LogP contribution in [-0.2, 0) is 6.54 Å². The molecule has 2 aromatic rings. The number of unbranched alkanes of at least 4 members (excludes halogenated alkanes) is 3. The SMILES string of the molecule is CCCCCCn1c(C)cc(=O)c(C(=O)Nc2ccc(C)cc2C)c1C. The summed E-state index contributed by atoms with van der Waals surface area (Å²) in [6, 6.07) is 7.43. The molecule has 0 saturated carbocycles. The second-order valence-corrected chi connectivity index (χ2v) is 7.10. The molecule has 140 valence electrons. The lowest BCUT2D eigenvalue weighted by Gasteiger charge is -2.18. The summed E-state index contributed by atoms with van der Waals surface area (Å²) in [5.41, 5.74) is 4.55. The molecule has 0 bridgehead atoms. The summed E-state index contributed by atoms with van der Waals surface area (Å²) in [7, 11) is 0. The van der Waals surface area contributed by atoms with Gasteiger partial charge < -0.3 is 9.88 Å². The maximum Gasteiger partial charge on any atom is 0.261 e. The molecule has 4 heteroatoms. The summed E-state index contributed by atoms with van der Waals surface area (Å²) in [5, 5.41) is 2.91. The molecule has 1 amide bonds. The van der Waals surface area contributed by atoms with Gasteiger partial charge in [0, 0.05) is 29.7 Å². The highest BCUT2D eigenvalue weighted by molar-refractivity contribution is 6.05. The van der Waals surface area contributed by atoms with Gasteiger partial charge in [0.05, 0.1) is 0 Å². The van der Waals surface area contributed by atoms with Crippen molar-refractivity contribution in [2.45, 2.75) is 66.8 Å². The highest BCUT2D eigenvalue weighted by atomic mass is 16.2. The Morgan fingerprint density at radius 3 is 2.42 bits per heavy atom. The number of hydrogen-bond donors (Lipinski definition) is 1. The van der Waals surface area contributed by atoms with Crippen LogP contribution in [0.5, 0.6) is 0 Å². The molecule has 0 saturated heterocycles. The van der Waals surface area contributed by atoms with Gasteiger partial charge in [-0.2, -0.15) is 0 Å². The zero-order valence-corrected chi connectivity index (χ0v) is 16.6. The van der Waals surface area contributed by atoms with Crippen molar-refractivity contribution in [1.29, 1.82) is 0 Å². The van der Waals surface area contributed by atoms with Gasteiger partial charge in [0.2, 0.25) is 0 Å². The van der Waals surface area contributed by atoms with Crippen molar-refractivity contribution in [2.24, 2.45) is 0 Å². The summed E-state index contributed by atoms with van der Waals surface area (Å²) in [5.74, 6) is -0.332. The molecule has 0 fully saturated rings. The van der Waals surface area contributed by atoms with Gasteiger partial charge in [-0.15, -0.1) is 0 Å². The fourth-order valence-electron chi connectivity index (χ4n) is 3.37. The molecule has 1 aromatic heterocycles. The molecule has 2 rings (SSSR count). The van der Waals surface area contributed by atoms with Gasteiger partial charge in [0.15, 0.2) is 5.43 Å². The largest absolute Gasteiger partial charge is 0.348 e. The summed E-state index contributed by atoms with van der Waals surface area (Å²) in [6.45, 7) is 10.8. The molecule has 0 unspecified atom stereocenters. The molecule has 1 heterocycles. The Hall–Kier alpha value is -2.36. The number of anilines is 1. The van der Waals surface area contributed by atoms with Crippen LogP contribution in [0.4, 0.5) is 5.69 Å². The van der Waals surface area contributed by atoms with Crippen molar-refractivity contribution in [2.75, 3.05) is 5.32 Å². The van der Waals surface area contributed by atoms with Crippen molar-refractivity contribution in [3.63, 3.8) is 0 Å². The predicted molar refractivity (Wildman–Crippen MR) is 108 cm³/mol. The molecule has 26 heavy (non-hydrogen) atoms. The predicted octanol–water partition coefficient (Wildman–Crippen LogP) is 4.91. The Morgan fingerprint density at radius 1 is 1.04 bits per heavy atom. The second kappa shape index (κ2) is 8.84. The quantitative estimate of drug-likeness (QED) is 0.718. The van der Waals surface area contributed by atoms with Crippen molar-refractivity contribution in [3.8, 4) is 0 Å². The normalized spacial score (nSPS) is 10.8. The van der Waals surface area contributed by atoms with Gasteiger partial charge in [-0.3, -0.25) is 9.59 Å². The first-order valence-corrected chi connectivity index (χ1v) is 9.44. The van der Waals surface area contributed by atoms with E-state index in [1.54, 1.807) is 6.07 Å². The molecule has 0 atom stereocenters. The Kier molecular flexibility index (Phi) is 6.78. The highest BCUT2D eigenvalue weighted by Gasteiger charge is 2.18. The number of aromatic nitrogens is 1. The lowest BCUT2D eigenvalue weighted by molar-refractivity contribution is 0.102. The van der Waals surface area contributed by atoms with E-state index in [0.29, 0.717) is 0 Å². The van der Waals surface area contributed by atoms with E-state index in [2.05, 4.69) is 16.8 Å². The van der Waals surface area contributed by atoms with Crippen molar-refractivity contribution in [1.82, 2.24) is 4.57 Å². The molecule has 1 aromatic carbocycles. The van der Waals surface area contributed by atoms with Crippen LogP contribution >= 0.6 is 0 Å². The maximum absolute atomic E-state index is 12.8.